The van der Waals surface area contributed by atoms with E-state index in [9.17, 15) is 9.18 Å². The molecule has 0 spiro atoms. The zero-order chi connectivity index (χ0) is 16.9. The number of nitrogens with zero attached hydrogens (tertiary/aromatic N) is 3. The molecule has 5 heteroatoms. The molecule has 24 heavy (non-hydrogen) atoms. The molecule has 1 amide bonds. The van der Waals surface area contributed by atoms with Gasteiger partial charge in [0.2, 0.25) is 0 Å². The number of rotatable bonds is 5. The molecule has 2 aromatic carbocycles. The minimum Gasteiger partial charge on any atom is -0.337 e. The van der Waals surface area contributed by atoms with E-state index >= 15 is 0 Å². The molecule has 0 saturated carbocycles. The van der Waals surface area contributed by atoms with Crippen LogP contribution in [0.2, 0.25) is 0 Å². The van der Waals surface area contributed by atoms with Crippen LogP contribution in [0, 0.1) is 5.82 Å². The van der Waals surface area contributed by atoms with Crippen LogP contribution in [0.4, 0.5) is 4.39 Å². The third-order valence-electron chi connectivity index (χ3n) is 3.82. The minimum atomic E-state index is -0.299. The lowest BCUT2D eigenvalue weighted by Crippen LogP contribution is -2.26. The summed E-state index contributed by atoms with van der Waals surface area (Å²) in [5, 5.41) is 4.16. The molecule has 0 fully saturated rings. The fourth-order valence-electron chi connectivity index (χ4n) is 2.51. The average Bonchev–Trinajstić information content (AvgIpc) is 3.10. The third kappa shape index (κ3) is 3.68. The Bertz CT molecular complexity index is 813. The van der Waals surface area contributed by atoms with Crippen molar-refractivity contribution in [2.24, 2.45) is 0 Å². The van der Waals surface area contributed by atoms with E-state index in [1.807, 2.05) is 29.1 Å². The van der Waals surface area contributed by atoms with Gasteiger partial charge in [0.15, 0.2) is 0 Å². The van der Waals surface area contributed by atoms with Crippen molar-refractivity contribution < 1.29 is 9.18 Å². The zero-order valence-corrected chi connectivity index (χ0v) is 13.4. The summed E-state index contributed by atoms with van der Waals surface area (Å²) in [6, 6.07) is 15.8. The Balaban J connectivity index is 1.67. The van der Waals surface area contributed by atoms with Crippen molar-refractivity contribution in [2.45, 2.75) is 13.1 Å². The Morgan fingerprint density at radius 1 is 1.12 bits per heavy atom. The van der Waals surface area contributed by atoms with Crippen molar-refractivity contribution in [3.05, 3.63) is 89.5 Å². The van der Waals surface area contributed by atoms with Crippen molar-refractivity contribution in [1.29, 1.82) is 0 Å². The fourth-order valence-corrected chi connectivity index (χ4v) is 2.51. The Labute approximate surface area is 140 Å². The quantitative estimate of drug-likeness (QED) is 0.722. The molecule has 0 saturated heterocycles. The van der Waals surface area contributed by atoms with Gasteiger partial charge in [-0.25, -0.2) is 4.39 Å². The first-order chi connectivity index (χ1) is 11.6. The van der Waals surface area contributed by atoms with Crippen LogP contribution in [-0.4, -0.2) is 27.6 Å². The van der Waals surface area contributed by atoms with Crippen molar-refractivity contribution in [3.63, 3.8) is 0 Å². The zero-order valence-electron chi connectivity index (χ0n) is 13.4. The highest BCUT2D eigenvalue weighted by Gasteiger charge is 2.13. The van der Waals surface area contributed by atoms with Gasteiger partial charge in [-0.1, -0.05) is 30.3 Å². The summed E-state index contributed by atoms with van der Waals surface area (Å²) in [6.07, 6.45) is 3.62. The number of carbonyl (C=O) groups excluding carboxylic acids is 1. The standard InChI is InChI=1S/C19H18FN3O/c1-22(14-17-5-2-3-6-18(17)20)19(24)16-9-7-15(8-10-16)13-23-12-4-11-21-23/h2-12H,13-14H2,1H3. The number of halogens is 1. The Kier molecular flexibility index (Phi) is 4.70. The van der Waals surface area contributed by atoms with Crippen molar-refractivity contribution in [1.82, 2.24) is 14.7 Å². The van der Waals surface area contributed by atoms with E-state index in [0.717, 1.165) is 5.56 Å². The molecule has 0 bridgehead atoms. The van der Waals surface area contributed by atoms with E-state index in [2.05, 4.69) is 5.10 Å². The number of carbonyl (C=O) groups is 1. The van der Waals surface area contributed by atoms with Crippen LogP contribution < -0.4 is 0 Å². The molecule has 0 aliphatic heterocycles. The first kappa shape index (κ1) is 15.9. The molecule has 1 aromatic heterocycles. The lowest BCUT2D eigenvalue weighted by Gasteiger charge is -2.18. The summed E-state index contributed by atoms with van der Waals surface area (Å²) < 4.78 is 15.5. The lowest BCUT2D eigenvalue weighted by atomic mass is 10.1. The molecule has 0 unspecified atom stereocenters. The van der Waals surface area contributed by atoms with E-state index < -0.39 is 0 Å². The normalized spacial score (nSPS) is 10.6. The molecule has 4 nitrogen and oxygen atoms in total. The number of hydrogen-bond acceptors (Lipinski definition) is 2. The second-order valence-electron chi connectivity index (χ2n) is 5.65. The number of hydrogen-bond donors (Lipinski definition) is 0. The van der Waals surface area contributed by atoms with E-state index in [4.69, 9.17) is 0 Å². The third-order valence-corrected chi connectivity index (χ3v) is 3.82. The topological polar surface area (TPSA) is 38.1 Å². The van der Waals surface area contributed by atoms with Crippen LogP contribution in [0.25, 0.3) is 0 Å². The van der Waals surface area contributed by atoms with Crippen LogP contribution in [0.3, 0.4) is 0 Å². The van der Waals surface area contributed by atoms with Crippen molar-refractivity contribution >= 4 is 5.91 Å². The van der Waals surface area contributed by atoms with Gasteiger partial charge in [-0.2, -0.15) is 5.10 Å². The molecule has 0 radical (unpaired) electrons. The van der Waals surface area contributed by atoms with E-state index in [0.29, 0.717) is 17.7 Å². The van der Waals surface area contributed by atoms with E-state index in [1.165, 1.54) is 11.0 Å². The van der Waals surface area contributed by atoms with Crippen molar-refractivity contribution in [3.8, 4) is 0 Å². The second kappa shape index (κ2) is 7.08. The predicted molar refractivity (Wildman–Crippen MR) is 90.0 cm³/mol. The molecular formula is C19H18FN3O. The molecular weight excluding hydrogens is 305 g/mol. The van der Waals surface area contributed by atoms with Crippen LogP contribution in [0.15, 0.2) is 67.0 Å². The van der Waals surface area contributed by atoms with Crippen LogP contribution in [0.5, 0.6) is 0 Å². The average molecular weight is 323 g/mol. The maximum absolute atomic E-state index is 13.7. The molecule has 0 aliphatic rings. The van der Waals surface area contributed by atoms with Gasteiger partial charge in [0, 0.05) is 37.1 Å². The Hall–Kier alpha value is -2.95. The molecule has 1 heterocycles. The summed E-state index contributed by atoms with van der Waals surface area (Å²) in [6.45, 7) is 0.896. The van der Waals surface area contributed by atoms with Crippen LogP contribution in [0.1, 0.15) is 21.5 Å². The Morgan fingerprint density at radius 3 is 2.54 bits per heavy atom. The number of aromatic nitrogens is 2. The summed E-state index contributed by atoms with van der Waals surface area (Å²) in [4.78, 5) is 14.0. The maximum atomic E-state index is 13.7. The summed E-state index contributed by atoms with van der Waals surface area (Å²) in [5.41, 5.74) is 2.15. The highest BCUT2D eigenvalue weighted by atomic mass is 19.1. The fraction of sp³-hybridized carbons (Fsp3) is 0.158. The molecule has 122 valence electrons. The largest absolute Gasteiger partial charge is 0.337 e. The van der Waals surface area contributed by atoms with Gasteiger partial charge in [0.25, 0.3) is 5.91 Å². The van der Waals surface area contributed by atoms with Crippen LogP contribution in [-0.2, 0) is 13.1 Å². The Morgan fingerprint density at radius 2 is 1.88 bits per heavy atom. The SMILES string of the molecule is CN(Cc1ccccc1F)C(=O)c1ccc(Cn2cccn2)cc1. The van der Waals surface area contributed by atoms with Gasteiger partial charge in [0.1, 0.15) is 5.82 Å². The minimum absolute atomic E-state index is 0.135. The first-order valence-corrected chi connectivity index (χ1v) is 7.69. The molecule has 3 aromatic rings. The summed E-state index contributed by atoms with van der Waals surface area (Å²) >= 11 is 0. The lowest BCUT2D eigenvalue weighted by molar-refractivity contribution is 0.0784. The summed E-state index contributed by atoms with van der Waals surface area (Å²) in [5.74, 6) is -0.435. The van der Waals surface area contributed by atoms with Gasteiger partial charge in [0.05, 0.1) is 6.54 Å². The van der Waals surface area contributed by atoms with Crippen molar-refractivity contribution in [2.75, 3.05) is 7.05 Å². The van der Waals surface area contributed by atoms with Gasteiger partial charge < -0.3 is 4.90 Å². The smallest absolute Gasteiger partial charge is 0.253 e. The number of amides is 1. The van der Waals surface area contributed by atoms with Crippen LogP contribution >= 0.6 is 0 Å². The molecule has 3 rings (SSSR count). The van der Waals surface area contributed by atoms with Gasteiger partial charge in [-0.05, 0) is 29.8 Å². The number of benzene rings is 2. The molecule has 0 aliphatic carbocycles. The molecule has 0 atom stereocenters. The molecule has 0 N–H and O–H groups in total. The van der Waals surface area contributed by atoms with E-state index in [-0.39, 0.29) is 18.3 Å². The van der Waals surface area contributed by atoms with E-state index in [1.54, 1.807) is 43.6 Å². The second-order valence-corrected chi connectivity index (χ2v) is 5.65. The highest BCUT2D eigenvalue weighted by Crippen LogP contribution is 2.13. The first-order valence-electron chi connectivity index (χ1n) is 7.69. The highest BCUT2D eigenvalue weighted by molar-refractivity contribution is 5.94. The predicted octanol–water partition coefficient (Wildman–Crippen LogP) is 3.34. The van der Waals surface area contributed by atoms with Gasteiger partial charge in [-0.3, -0.25) is 9.48 Å². The summed E-state index contributed by atoms with van der Waals surface area (Å²) in [7, 11) is 1.67. The maximum Gasteiger partial charge on any atom is 0.253 e. The van der Waals surface area contributed by atoms with Gasteiger partial charge in [-0.15, -0.1) is 0 Å². The van der Waals surface area contributed by atoms with Gasteiger partial charge >= 0.3 is 0 Å². The monoisotopic (exact) mass is 323 g/mol.